The number of halogens is 2. The number of benzene rings is 1. The summed E-state index contributed by atoms with van der Waals surface area (Å²) in [4.78, 5) is 11.6. The second-order valence-electron chi connectivity index (χ2n) is 4.22. The average Bonchev–Trinajstić information content (AvgIpc) is 2.78. The first-order valence-electron chi connectivity index (χ1n) is 6.03. The lowest BCUT2D eigenvalue weighted by Gasteiger charge is -2.06. The number of nitrogen functional groups attached to an aromatic ring is 1. The molecule has 0 saturated heterocycles. The van der Waals surface area contributed by atoms with Gasteiger partial charge in [0.2, 0.25) is 0 Å². The van der Waals surface area contributed by atoms with Gasteiger partial charge in [0, 0.05) is 12.6 Å². The summed E-state index contributed by atoms with van der Waals surface area (Å²) in [5, 5.41) is 3.44. The number of nitrogens with zero attached hydrogens (tertiary/aromatic N) is 1. The van der Waals surface area contributed by atoms with Gasteiger partial charge in [-0.2, -0.15) is 4.37 Å². The first-order valence-corrected chi connectivity index (χ1v) is 6.81. The second-order valence-corrected chi connectivity index (χ2v) is 4.99. The Morgan fingerprint density at radius 2 is 2.05 bits per heavy atom. The first-order chi connectivity index (χ1) is 10.0. The minimum Gasteiger partial charge on any atom is -0.465 e. The van der Waals surface area contributed by atoms with Crippen LogP contribution in [0.1, 0.15) is 15.9 Å². The van der Waals surface area contributed by atoms with Crippen LogP contribution in [0.5, 0.6) is 0 Å². The van der Waals surface area contributed by atoms with E-state index >= 15 is 0 Å². The zero-order valence-electron chi connectivity index (χ0n) is 11.2. The van der Waals surface area contributed by atoms with Crippen molar-refractivity contribution in [1.29, 1.82) is 0 Å². The molecule has 1 aromatic carbocycles. The van der Waals surface area contributed by atoms with Gasteiger partial charge in [-0.25, -0.2) is 13.6 Å². The molecule has 0 aliphatic carbocycles. The Morgan fingerprint density at radius 3 is 2.67 bits per heavy atom. The number of methoxy groups -OCH3 is 1. The summed E-state index contributed by atoms with van der Waals surface area (Å²) in [5.41, 5.74) is 6.28. The van der Waals surface area contributed by atoms with Crippen molar-refractivity contribution in [2.24, 2.45) is 0 Å². The monoisotopic (exact) mass is 313 g/mol. The van der Waals surface area contributed by atoms with E-state index in [9.17, 15) is 13.6 Å². The van der Waals surface area contributed by atoms with E-state index in [1.54, 1.807) is 0 Å². The molecule has 0 radical (unpaired) electrons. The number of nitrogens with one attached hydrogen (secondary N) is 1. The maximum absolute atomic E-state index is 13.1. The molecule has 0 spiro atoms. The molecule has 112 valence electrons. The highest BCUT2D eigenvalue weighted by molar-refractivity contribution is 7.11. The molecule has 1 aromatic heterocycles. The summed E-state index contributed by atoms with van der Waals surface area (Å²) >= 11 is 1.03. The molecule has 8 heteroatoms. The van der Waals surface area contributed by atoms with Crippen molar-refractivity contribution in [1.82, 2.24) is 4.37 Å². The summed E-state index contributed by atoms with van der Waals surface area (Å²) in [6.07, 6.45) is 0.382. The van der Waals surface area contributed by atoms with Crippen molar-refractivity contribution < 1.29 is 18.3 Å². The molecule has 0 atom stereocenters. The fourth-order valence-corrected chi connectivity index (χ4v) is 2.52. The number of hydrogen-bond acceptors (Lipinski definition) is 6. The number of esters is 1. The summed E-state index contributed by atoms with van der Waals surface area (Å²) in [6.45, 7) is 0.370. The number of carbonyl (C=O) groups excluding carboxylic acids is 1. The topological polar surface area (TPSA) is 77.2 Å². The van der Waals surface area contributed by atoms with E-state index in [4.69, 9.17) is 5.73 Å². The highest BCUT2D eigenvalue weighted by atomic mass is 32.1. The SMILES string of the molecule is COC(=O)c1c(N)nsc1NCCc1cc(F)cc(F)c1. The summed E-state index contributed by atoms with van der Waals surface area (Å²) in [7, 11) is 1.25. The molecular weight excluding hydrogens is 300 g/mol. The molecular formula is C13H13F2N3O2S. The molecule has 0 fully saturated rings. The van der Waals surface area contributed by atoms with Crippen LogP contribution in [0.4, 0.5) is 19.6 Å². The molecule has 3 N–H and O–H groups in total. The number of anilines is 2. The summed E-state index contributed by atoms with van der Waals surface area (Å²) in [6, 6.07) is 3.33. The van der Waals surface area contributed by atoms with Crippen LogP contribution in [0.25, 0.3) is 0 Å². The maximum Gasteiger partial charge on any atom is 0.344 e. The molecule has 21 heavy (non-hydrogen) atoms. The number of nitrogens with two attached hydrogens (primary N) is 1. The van der Waals surface area contributed by atoms with Crippen molar-refractivity contribution in [2.75, 3.05) is 24.7 Å². The normalized spacial score (nSPS) is 10.4. The van der Waals surface area contributed by atoms with Gasteiger partial charge in [-0.05, 0) is 35.6 Å². The van der Waals surface area contributed by atoms with E-state index < -0.39 is 17.6 Å². The van der Waals surface area contributed by atoms with E-state index in [1.807, 2.05) is 0 Å². The quantitative estimate of drug-likeness (QED) is 0.829. The Bertz CT molecular complexity index is 641. The smallest absolute Gasteiger partial charge is 0.344 e. The van der Waals surface area contributed by atoms with Crippen molar-refractivity contribution in [3.05, 3.63) is 41.0 Å². The van der Waals surface area contributed by atoms with Crippen molar-refractivity contribution >= 4 is 28.3 Å². The van der Waals surface area contributed by atoms with Crippen molar-refractivity contribution in [2.45, 2.75) is 6.42 Å². The first kappa shape index (κ1) is 15.2. The second kappa shape index (κ2) is 6.49. The molecule has 0 saturated carbocycles. The zero-order chi connectivity index (χ0) is 15.4. The fraction of sp³-hybridized carbons (Fsp3) is 0.231. The largest absolute Gasteiger partial charge is 0.465 e. The van der Waals surface area contributed by atoms with Crippen LogP contribution in [0, 0.1) is 11.6 Å². The molecule has 0 unspecified atom stereocenters. The minimum atomic E-state index is -0.623. The maximum atomic E-state index is 13.1. The van der Waals surface area contributed by atoms with Crippen LogP contribution in [0.15, 0.2) is 18.2 Å². The van der Waals surface area contributed by atoms with Gasteiger partial charge in [0.1, 0.15) is 22.2 Å². The summed E-state index contributed by atoms with van der Waals surface area (Å²) in [5.74, 6) is -1.74. The Balaban J connectivity index is 2.02. The third-order valence-corrected chi connectivity index (χ3v) is 3.55. The molecule has 5 nitrogen and oxygen atoms in total. The molecule has 0 aliphatic rings. The van der Waals surface area contributed by atoms with Crippen LogP contribution in [-0.4, -0.2) is 24.0 Å². The molecule has 1 heterocycles. The van der Waals surface area contributed by atoms with E-state index in [0.717, 1.165) is 17.6 Å². The molecule has 2 rings (SSSR count). The lowest BCUT2D eigenvalue weighted by atomic mass is 10.1. The average molecular weight is 313 g/mol. The van der Waals surface area contributed by atoms with E-state index in [1.165, 1.54) is 19.2 Å². The lowest BCUT2D eigenvalue weighted by molar-refractivity contribution is 0.0603. The molecule has 0 bridgehead atoms. The number of rotatable bonds is 5. The van der Waals surface area contributed by atoms with Gasteiger partial charge in [0.05, 0.1) is 7.11 Å². The van der Waals surface area contributed by atoms with Gasteiger partial charge in [-0.1, -0.05) is 0 Å². The van der Waals surface area contributed by atoms with Crippen molar-refractivity contribution in [3.8, 4) is 0 Å². The third-order valence-electron chi connectivity index (χ3n) is 2.73. The Hall–Kier alpha value is -2.22. The molecule has 0 amide bonds. The van der Waals surface area contributed by atoms with Crippen LogP contribution in [-0.2, 0) is 11.2 Å². The van der Waals surface area contributed by atoms with E-state index in [2.05, 4.69) is 14.4 Å². The van der Waals surface area contributed by atoms with Crippen LogP contribution in [0.3, 0.4) is 0 Å². The standard InChI is InChI=1S/C13H13F2N3O2S/c1-20-13(19)10-11(16)18-21-12(10)17-3-2-7-4-8(14)6-9(15)5-7/h4-6,17H,2-3H2,1H3,(H2,16,18). The van der Waals surface area contributed by atoms with Gasteiger partial charge >= 0.3 is 5.97 Å². The Morgan fingerprint density at radius 1 is 1.38 bits per heavy atom. The fourth-order valence-electron chi connectivity index (χ4n) is 1.80. The Labute approximate surface area is 123 Å². The third kappa shape index (κ3) is 3.66. The number of carbonyl (C=O) groups is 1. The Kier molecular flexibility index (Phi) is 4.69. The summed E-state index contributed by atoms with van der Waals surface area (Å²) < 4.78 is 34.6. The van der Waals surface area contributed by atoms with Crippen molar-refractivity contribution in [3.63, 3.8) is 0 Å². The molecule has 0 aliphatic heterocycles. The van der Waals surface area contributed by atoms with Gasteiger partial charge in [0.15, 0.2) is 5.82 Å². The van der Waals surface area contributed by atoms with Gasteiger partial charge < -0.3 is 15.8 Å². The number of ether oxygens (including phenoxy) is 1. The molecule has 2 aromatic rings. The lowest BCUT2D eigenvalue weighted by Crippen LogP contribution is -2.10. The van der Waals surface area contributed by atoms with Crippen LogP contribution >= 0.6 is 11.5 Å². The van der Waals surface area contributed by atoms with E-state index in [0.29, 0.717) is 23.5 Å². The van der Waals surface area contributed by atoms with Gasteiger partial charge in [0.25, 0.3) is 0 Å². The highest BCUT2D eigenvalue weighted by Gasteiger charge is 2.19. The number of hydrogen-bond donors (Lipinski definition) is 2. The minimum absolute atomic E-state index is 0.0890. The zero-order valence-corrected chi connectivity index (χ0v) is 12.0. The van der Waals surface area contributed by atoms with Crippen LogP contribution in [0.2, 0.25) is 0 Å². The predicted octanol–water partition coefficient (Wildman–Crippen LogP) is 2.44. The number of aromatic nitrogens is 1. The van der Waals surface area contributed by atoms with Gasteiger partial charge in [-0.15, -0.1) is 0 Å². The van der Waals surface area contributed by atoms with E-state index in [-0.39, 0.29) is 11.4 Å². The highest BCUT2D eigenvalue weighted by Crippen LogP contribution is 2.27. The van der Waals surface area contributed by atoms with Crippen LogP contribution < -0.4 is 11.1 Å². The predicted molar refractivity (Wildman–Crippen MR) is 76.4 cm³/mol. The van der Waals surface area contributed by atoms with Gasteiger partial charge in [-0.3, -0.25) is 0 Å².